The fourth-order valence-corrected chi connectivity index (χ4v) is 1.55. The van der Waals surface area contributed by atoms with Gasteiger partial charge in [-0.25, -0.2) is 0 Å². The standard InChI is InChI=1S/C12H19N3O2/c1-3-15(4-2)7-8-17-12-6-5-10(13)9-11(12)14-16/h5-6,9H,3-4,7-8,13H2,1-2H3. The highest BCUT2D eigenvalue weighted by atomic mass is 16.5. The van der Waals surface area contributed by atoms with Crippen LogP contribution in [-0.4, -0.2) is 31.1 Å². The minimum absolute atomic E-state index is 0.254. The van der Waals surface area contributed by atoms with E-state index in [0.717, 1.165) is 19.6 Å². The fourth-order valence-electron chi connectivity index (χ4n) is 1.55. The number of nitrogens with zero attached hydrogens (tertiary/aromatic N) is 2. The van der Waals surface area contributed by atoms with Crippen molar-refractivity contribution in [2.45, 2.75) is 13.8 Å². The molecule has 0 amide bonds. The second kappa shape index (κ2) is 6.85. The summed E-state index contributed by atoms with van der Waals surface area (Å²) >= 11 is 0. The van der Waals surface area contributed by atoms with Crippen LogP contribution in [0.25, 0.3) is 0 Å². The highest BCUT2D eigenvalue weighted by Gasteiger charge is 2.05. The van der Waals surface area contributed by atoms with Gasteiger partial charge in [-0.2, -0.15) is 0 Å². The molecule has 0 unspecified atom stereocenters. The molecule has 94 valence electrons. The molecular weight excluding hydrogens is 218 g/mol. The molecule has 0 fully saturated rings. The number of hydrogen-bond acceptors (Lipinski definition) is 5. The van der Waals surface area contributed by atoms with Gasteiger partial charge in [-0.3, -0.25) is 0 Å². The number of hydrogen-bond donors (Lipinski definition) is 1. The Labute approximate surface area is 102 Å². The smallest absolute Gasteiger partial charge is 0.151 e. The predicted octanol–water partition coefficient (Wildman–Crippen LogP) is 2.39. The molecule has 0 aromatic heterocycles. The molecule has 0 saturated heterocycles. The maximum absolute atomic E-state index is 10.6. The SMILES string of the molecule is CCN(CC)CCOc1ccc(N)cc1N=O. The number of nitrogens with two attached hydrogens (primary N) is 1. The average molecular weight is 237 g/mol. The lowest BCUT2D eigenvalue weighted by atomic mass is 10.2. The zero-order valence-electron chi connectivity index (χ0n) is 10.3. The van der Waals surface area contributed by atoms with Gasteiger partial charge in [-0.15, -0.1) is 4.91 Å². The van der Waals surface area contributed by atoms with Gasteiger partial charge < -0.3 is 15.4 Å². The van der Waals surface area contributed by atoms with Gasteiger partial charge in [0.1, 0.15) is 12.4 Å². The molecule has 0 aliphatic rings. The first-order valence-electron chi connectivity index (χ1n) is 5.79. The van der Waals surface area contributed by atoms with Crippen molar-refractivity contribution < 1.29 is 4.74 Å². The van der Waals surface area contributed by atoms with Crippen LogP contribution >= 0.6 is 0 Å². The van der Waals surface area contributed by atoms with Gasteiger partial charge in [0.25, 0.3) is 0 Å². The predicted molar refractivity (Wildman–Crippen MR) is 69.6 cm³/mol. The lowest BCUT2D eigenvalue weighted by Gasteiger charge is -2.18. The molecule has 0 atom stereocenters. The van der Waals surface area contributed by atoms with E-state index in [-0.39, 0.29) is 5.69 Å². The molecule has 0 saturated carbocycles. The summed E-state index contributed by atoms with van der Waals surface area (Å²) < 4.78 is 5.53. The van der Waals surface area contributed by atoms with Crippen molar-refractivity contribution in [1.82, 2.24) is 4.90 Å². The molecule has 5 heteroatoms. The second-order valence-corrected chi connectivity index (χ2v) is 3.69. The van der Waals surface area contributed by atoms with Crippen LogP contribution in [0.3, 0.4) is 0 Å². The normalized spacial score (nSPS) is 10.5. The van der Waals surface area contributed by atoms with Crippen molar-refractivity contribution in [3.63, 3.8) is 0 Å². The monoisotopic (exact) mass is 237 g/mol. The zero-order chi connectivity index (χ0) is 12.7. The van der Waals surface area contributed by atoms with Crippen molar-refractivity contribution >= 4 is 11.4 Å². The second-order valence-electron chi connectivity index (χ2n) is 3.69. The Morgan fingerprint density at radius 3 is 2.65 bits per heavy atom. The molecule has 0 radical (unpaired) electrons. The number of rotatable bonds is 7. The first-order chi connectivity index (χ1) is 8.21. The van der Waals surface area contributed by atoms with Gasteiger partial charge in [0, 0.05) is 12.2 Å². The van der Waals surface area contributed by atoms with Crippen molar-refractivity contribution in [3.8, 4) is 5.75 Å². The van der Waals surface area contributed by atoms with Crippen molar-refractivity contribution in [2.75, 3.05) is 32.0 Å². The quantitative estimate of drug-likeness (QED) is 0.584. The Hall–Kier alpha value is -1.62. The van der Waals surface area contributed by atoms with E-state index in [1.54, 1.807) is 12.1 Å². The van der Waals surface area contributed by atoms with Crippen molar-refractivity contribution in [1.29, 1.82) is 0 Å². The molecule has 5 nitrogen and oxygen atoms in total. The Morgan fingerprint density at radius 1 is 1.35 bits per heavy atom. The Balaban J connectivity index is 2.54. The third kappa shape index (κ3) is 4.03. The topological polar surface area (TPSA) is 67.9 Å². The van der Waals surface area contributed by atoms with E-state index >= 15 is 0 Å². The van der Waals surface area contributed by atoms with Crippen LogP contribution < -0.4 is 10.5 Å². The largest absolute Gasteiger partial charge is 0.490 e. The molecule has 2 N–H and O–H groups in total. The Morgan fingerprint density at radius 2 is 2.06 bits per heavy atom. The molecule has 0 aliphatic carbocycles. The summed E-state index contributed by atoms with van der Waals surface area (Å²) in [5.74, 6) is 0.487. The molecule has 0 heterocycles. The van der Waals surface area contributed by atoms with E-state index in [1.807, 2.05) is 0 Å². The lowest BCUT2D eigenvalue weighted by molar-refractivity contribution is 0.223. The molecule has 1 aromatic carbocycles. The van der Waals surface area contributed by atoms with Crippen LogP contribution in [0, 0.1) is 4.91 Å². The fraction of sp³-hybridized carbons (Fsp3) is 0.500. The van der Waals surface area contributed by atoms with Crippen molar-refractivity contribution in [3.05, 3.63) is 23.1 Å². The molecule has 1 rings (SSSR count). The molecular formula is C12H19N3O2. The van der Waals surface area contributed by atoms with Gasteiger partial charge in [0.05, 0.1) is 0 Å². The summed E-state index contributed by atoms with van der Waals surface area (Å²) in [4.78, 5) is 12.8. The lowest BCUT2D eigenvalue weighted by Crippen LogP contribution is -2.27. The minimum atomic E-state index is 0.254. The van der Waals surface area contributed by atoms with Crippen LogP contribution in [0.15, 0.2) is 23.4 Å². The molecule has 0 aliphatic heterocycles. The third-order valence-corrected chi connectivity index (χ3v) is 2.64. The number of benzene rings is 1. The minimum Gasteiger partial charge on any atom is -0.490 e. The number of anilines is 1. The zero-order valence-corrected chi connectivity index (χ0v) is 10.3. The molecule has 17 heavy (non-hydrogen) atoms. The Bertz CT molecular complexity index is 365. The number of ether oxygens (including phenoxy) is 1. The highest BCUT2D eigenvalue weighted by Crippen LogP contribution is 2.29. The van der Waals surface area contributed by atoms with Gasteiger partial charge in [0.2, 0.25) is 0 Å². The van der Waals surface area contributed by atoms with E-state index in [4.69, 9.17) is 10.5 Å². The van der Waals surface area contributed by atoms with Crippen LogP contribution in [0.5, 0.6) is 5.75 Å². The summed E-state index contributed by atoms with van der Waals surface area (Å²) in [6.45, 7) is 7.54. The number of nitrogen functional groups attached to an aromatic ring is 1. The summed E-state index contributed by atoms with van der Waals surface area (Å²) in [5.41, 5.74) is 6.32. The Kier molecular flexibility index (Phi) is 5.42. The molecule has 0 bridgehead atoms. The summed E-state index contributed by atoms with van der Waals surface area (Å²) in [6, 6.07) is 4.88. The maximum atomic E-state index is 10.6. The summed E-state index contributed by atoms with van der Waals surface area (Å²) in [7, 11) is 0. The summed E-state index contributed by atoms with van der Waals surface area (Å²) in [5, 5.41) is 2.90. The summed E-state index contributed by atoms with van der Waals surface area (Å²) in [6.07, 6.45) is 0. The molecule has 1 aromatic rings. The van der Waals surface area contributed by atoms with Crippen LogP contribution in [0.4, 0.5) is 11.4 Å². The van der Waals surface area contributed by atoms with Crippen molar-refractivity contribution in [2.24, 2.45) is 5.18 Å². The van der Waals surface area contributed by atoms with Crippen LogP contribution in [0.1, 0.15) is 13.8 Å². The first-order valence-corrected chi connectivity index (χ1v) is 5.79. The van der Waals surface area contributed by atoms with Gasteiger partial charge in [-0.1, -0.05) is 13.8 Å². The van der Waals surface area contributed by atoms with Crippen LogP contribution in [0.2, 0.25) is 0 Å². The maximum Gasteiger partial charge on any atom is 0.151 e. The van der Waals surface area contributed by atoms with E-state index in [2.05, 4.69) is 23.9 Å². The highest BCUT2D eigenvalue weighted by molar-refractivity contribution is 5.59. The van der Waals surface area contributed by atoms with Gasteiger partial charge >= 0.3 is 0 Å². The van der Waals surface area contributed by atoms with E-state index in [0.29, 0.717) is 18.0 Å². The molecule has 0 spiro atoms. The number of nitroso groups, excluding NO2 is 1. The van der Waals surface area contributed by atoms with Crippen LogP contribution in [-0.2, 0) is 0 Å². The third-order valence-electron chi connectivity index (χ3n) is 2.64. The van der Waals surface area contributed by atoms with E-state index < -0.39 is 0 Å². The van der Waals surface area contributed by atoms with Gasteiger partial charge in [0.15, 0.2) is 5.69 Å². The first kappa shape index (κ1) is 13.4. The van der Waals surface area contributed by atoms with E-state index in [1.165, 1.54) is 6.07 Å². The number of likely N-dealkylation sites (N-methyl/N-ethyl adjacent to an activating group) is 1. The average Bonchev–Trinajstić information content (AvgIpc) is 2.36. The van der Waals surface area contributed by atoms with E-state index in [9.17, 15) is 4.91 Å². The van der Waals surface area contributed by atoms with Gasteiger partial charge in [-0.05, 0) is 36.5 Å².